The highest BCUT2D eigenvalue weighted by molar-refractivity contribution is 7.80. The van der Waals surface area contributed by atoms with Crippen molar-refractivity contribution in [2.24, 2.45) is 0 Å². The zero-order chi connectivity index (χ0) is 15.0. The summed E-state index contributed by atoms with van der Waals surface area (Å²) in [5.74, 6) is -0.0799. The SMILES string of the molecule is CCCCCCC(=O)NC(=S)Nc1ccc(Cl)cc1Cl. The number of hydrogen-bond acceptors (Lipinski definition) is 2. The maximum atomic E-state index is 11.7. The lowest BCUT2D eigenvalue weighted by Gasteiger charge is -2.11. The van der Waals surface area contributed by atoms with Crippen LogP contribution in [0.15, 0.2) is 18.2 Å². The molecule has 2 N–H and O–H groups in total. The summed E-state index contributed by atoms with van der Waals surface area (Å²) in [6.07, 6.45) is 4.72. The van der Waals surface area contributed by atoms with Gasteiger partial charge in [-0.05, 0) is 36.8 Å². The molecule has 1 aromatic carbocycles. The fourth-order valence-electron chi connectivity index (χ4n) is 1.65. The Hall–Kier alpha value is -0.840. The van der Waals surface area contributed by atoms with Crippen molar-refractivity contribution in [3.63, 3.8) is 0 Å². The highest BCUT2D eigenvalue weighted by Gasteiger charge is 2.07. The standard InChI is InChI=1S/C14H18Cl2N2OS/c1-2-3-4-5-6-13(19)18-14(20)17-12-8-7-10(15)9-11(12)16/h7-9H,2-6H2,1H3,(H2,17,18,19,20). The van der Waals surface area contributed by atoms with Crippen molar-refractivity contribution in [3.8, 4) is 0 Å². The molecule has 3 nitrogen and oxygen atoms in total. The van der Waals surface area contributed by atoms with Gasteiger partial charge in [-0.3, -0.25) is 4.79 Å². The van der Waals surface area contributed by atoms with E-state index in [0.717, 1.165) is 25.7 Å². The molecule has 0 bridgehead atoms. The first kappa shape index (κ1) is 17.2. The van der Waals surface area contributed by atoms with E-state index in [2.05, 4.69) is 17.6 Å². The van der Waals surface area contributed by atoms with Gasteiger partial charge in [0.1, 0.15) is 0 Å². The minimum absolute atomic E-state index is 0.0799. The molecule has 0 saturated carbocycles. The molecule has 0 aliphatic carbocycles. The fraction of sp³-hybridized carbons (Fsp3) is 0.429. The summed E-state index contributed by atoms with van der Waals surface area (Å²) >= 11 is 16.9. The normalized spacial score (nSPS) is 10.2. The maximum Gasteiger partial charge on any atom is 0.226 e. The average Bonchev–Trinajstić information content (AvgIpc) is 2.38. The smallest absolute Gasteiger partial charge is 0.226 e. The van der Waals surface area contributed by atoms with E-state index in [4.69, 9.17) is 35.4 Å². The predicted molar refractivity (Wildman–Crippen MR) is 89.6 cm³/mol. The number of halogens is 2. The molecule has 0 unspecified atom stereocenters. The van der Waals surface area contributed by atoms with Crippen LogP contribution in [0.2, 0.25) is 10.0 Å². The summed E-state index contributed by atoms with van der Waals surface area (Å²) < 4.78 is 0. The van der Waals surface area contributed by atoms with E-state index in [1.165, 1.54) is 0 Å². The Morgan fingerprint density at radius 3 is 2.65 bits per heavy atom. The molecule has 0 radical (unpaired) electrons. The van der Waals surface area contributed by atoms with Gasteiger partial charge in [0.15, 0.2) is 5.11 Å². The number of hydrogen-bond donors (Lipinski definition) is 2. The van der Waals surface area contributed by atoms with Gasteiger partial charge in [-0.2, -0.15) is 0 Å². The monoisotopic (exact) mass is 332 g/mol. The van der Waals surface area contributed by atoms with Crippen LogP contribution in [0.3, 0.4) is 0 Å². The molecule has 0 aliphatic heterocycles. The minimum Gasteiger partial charge on any atom is -0.331 e. The van der Waals surface area contributed by atoms with Gasteiger partial charge in [0.2, 0.25) is 5.91 Å². The van der Waals surface area contributed by atoms with Gasteiger partial charge in [-0.15, -0.1) is 0 Å². The van der Waals surface area contributed by atoms with Crippen molar-refractivity contribution in [3.05, 3.63) is 28.2 Å². The lowest BCUT2D eigenvalue weighted by Crippen LogP contribution is -2.33. The average molecular weight is 333 g/mol. The lowest BCUT2D eigenvalue weighted by atomic mass is 10.1. The largest absolute Gasteiger partial charge is 0.331 e. The van der Waals surface area contributed by atoms with Crippen molar-refractivity contribution in [2.75, 3.05) is 5.32 Å². The molecular formula is C14H18Cl2N2OS. The minimum atomic E-state index is -0.0799. The van der Waals surface area contributed by atoms with Gasteiger partial charge in [0, 0.05) is 11.4 Å². The van der Waals surface area contributed by atoms with Gasteiger partial charge in [-0.1, -0.05) is 49.4 Å². The van der Waals surface area contributed by atoms with Gasteiger partial charge in [-0.25, -0.2) is 0 Å². The molecule has 6 heteroatoms. The summed E-state index contributed by atoms with van der Waals surface area (Å²) in [5.41, 5.74) is 0.618. The van der Waals surface area contributed by atoms with Gasteiger partial charge in [0.05, 0.1) is 10.7 Å². The molecule has 1 aromatic rings. The first-order valence-electron chi connectivity index (χ1n) is 6.58. The van der Waals surface area contributed by atoms with E-state index < -0.39 is 0 Å². The van der Waals surface area contributed by atoms with E-state index in [9.17, 15) is 4.79 Å². The third kappa shape index (κ3) is 6.55. The Morgan fingerprint density at radius 2 is 2.00 bits per heavy atom. The van der Waals surface area contributed by atoms with Gasteiger partial charge in [0.25, 0.3) is 0 Å². The Labute approximate surface area is 135 Å². The molecule has 0 saturated heterocycles. The van der Waals surface area contributed by atoms with Crippen LogP contribution >= 0.6 is 35.4 Å². The molecular weight excluding hydrogens is 315 g/mol. The second-order valence-corrected chi connectivity index (χ2v) is 5.69. The van der Waals surface area contributed by atoms with Crippen LogP contribution in [0.4, 0.5) is 5.69 Å². The summed E-state index contributed by atoms with van der Waals surface area (Å²) in [5, 5.41) is 6.76. The van der Waals surface area contributed by atoms with Crippen LogP contribution < -0.4 is 10.6 Å². The third-order valence-corrected chi connectivity index (χ3v) is 3.44. The summed E-state index contributed by atoms with van der Waals surface area (Å²) in [7, 11) is 0. The van der Waals surface area contributed by atoms with E-state index in [-0.39, 0.29) is 11.0 Å². The second kappa shape index (κ2) is 9.16. The van der Waals surface area contributed by atoms with E-state index in [1.807, 2.05) is 0 Å². The molecule has 110 valence electrons. The van der Waals surface area contributed by atoms with Crippen LogP contribution in [-0.4, -0.2) is 11.0 Å². The van der Waals surface area contributed by atoms with Crippen LogP contribution in [-0.2, 0) is 4.79 Å². The highest BCUT2D eigenvalue weighted by atomic mass is 35.5. The number of nitrogens with one attached hydrogen (secondary N) is 2. The number of amides is 1. The van der Waals surface area contributed by atoms with Crippen LogP contribution in [0, 0.1) is 0 Å². The van der Waals surface area contributed by atoms with E-state index in [1.54, 1.807) is 18.2 Å². The molecule has 0 heterocycles. The van der Waals surface area contributed by atoms with E-state index in [0.29, 0.717) is 22.2 Å². The second-order valence-electron chi connectivity index (χ2n) is 4.44. The Kier molecular flexibility index (Phi) is 7.88. The van der Waals surface area contributed by atoms with E-state index >= 15 is 0 Å². The Balaban J connectivity index is 2.37. The predicted octanol–water partition coefficient (Wildman–Crippen LogP) is 4.78. The van der Waals surface area contributed by atoms with Crippen molar-refractivity contribution >= 4 is 52.1 Å². The zero-order valence-electron chi connectivity index (χ0n) is 11.3. The number of carbonyl (C=O) groups is 1. The summed E-state index contributed by atoms with van der Waals surface area (Å²) in [6, 6.07) is 5.02. The summed E-state index contributed by atoms with van der Waals surface area (Å²) in [6.45, 7) is 2.13. The van der Waals surface area contributed by atoms with Gasteiger partial charge >= 0.3 is 0 Å². The molecule has 20 heavy (non-hydrogen) atoms. The van der Waals surface area contributed by atoms with Crippen molar-refractivity contribution in [1.82, 2.24) is 5.32 Å². The third-order valence-electron chi connectivity index (χ3n) is 2.69. The van der Waals surface area contributed by atoms with Crippen LogP contribution in [0.1, 0.15) is 39.0 Å². The lowest BCUT2D eigenvalue weighted by molar-refractivity contribution is -0.119. The number of thiocarbonyl (C=S) groups is 1. The number of carbonyl (C=O) groups excluding carboxylic acids is 1. The van der Waals surface area contributed by atoms with Crippen molar-refractivity contribution < 1.29 is 4.79 Å². The quantitative estimate of drug-likeness (QED) is 0.582. The maximum absolute atomic E-state index is 11.7. The van der Waals surface area contributed by atoms with Crippen molar-refractivity contribution in [2.45, 2.75) is 39.0 Å². The molecule has 0 aliphatic rings. The Morgan fingerprint density at radius 1 is 1.25 bits per heavy atom. The van der Waals surface area contributed by atoms with Crippen molar-refractivity contribution in [1.29, 1.82) is 0 Å². The van der Waals surface area contributed by atoms with Crippen LogP contribution in [0.5, 0.6) is 0 Å². The molecule has 0 fully saturated rings. The summed E-state index contributed by atoms with van der Waals surface area (Å²) in [4.78, 5) is 11.7. The first-order valence-corrected chi connectivity index (χ1v) is 7.75. The number of rotatable bonds is 6. The van der Waals surface area contributed by atoms with Crippen LogP contribution in [0.25, 0.3) is 0 Å². The number of benzene rings is 1. The molecule has 0 aromatic heterocycles. The topological polar surface area (TPSA) is 41.1 Å². The molecule has 1 rings (SSSR count). The molecule has 0 spiro atoms. The number of anilines is 1. The fourth-order valence-corrected chi connectivity index (χ4v) is 2.33. The Bertz CT molecular complexity index is 480. The number of unbranched alkanes of at least 4 members (excludes halogenated alkanes) is 3. The molecule has 1 amide bonds. The highest BCUT2D eigenvalue weighted by Crippen LogP contribution is 2.25. The first-order chi connectivity index (χ1) is 9.52. The molecule has 0 atom stereocenters. The zero-order valence-corrected chi connectivity index (χ0v) is 13.7. The van der Waals surface area contributed by atoms with Gasteiger partial charge < -0.3 is 10.6 Å².